The SMILES string of the molecule is CCC1(CC)CCCCCCC[P+]1(F)CC. The second kappa shape index (κ2) is 6.34. The Kier molecular flexibility index (Phi) is 5.71. The van der Waals surface area contributed by atoms with Gasteiger partial charge in [-0.3, -0.25) is 0 Å². The summed E-state index contributed by atoms with van der Waals surface area (Å²) in [5.74, 6) is 0. The first-order valence-electron chi connectivity index (χ1n) is 7.21. The summed E-state index contributed by atoms with van der Waals surface area (Å²) < 4.78 is 15.4. The second-order valence-corrected chi connectivity index (χ2v) is 9.11. The van der Waals surface area contributed by atoms with Crippen LogP contribution in [0.2, 0.25) is 0 Å². The van der Waals surface area contributed by atoms with Gasteiger partial charge in [0.15, 0.2) is 0 Å². The predicted octanol–water partition coefficient (Wildman–Crippen LogP) is 5.82. The summed E-state index contributed by atoms with van der Waals surface area (Å²) in [6, 6.07) is 0. The highest BCUT2D eigenvalue weighted by Gasteiger charge is 2.56. The molecule has 2 heteroatoms. The van der Waals surface area contributed by atoms with Crippen LogP contribution in [0, 0.1) is 0 Å². The lowest BCUT2D eigenvalue weighted by molar-refractivity contribution is 0.448. The fourth-order valence-corrected chi connectivity index (χ4v) is 7.33. The van der Waals surface area contributed by atoms with Gasteiger partial charge in [-0.05, 0) is 45.4 Å². The highest BCUT2D eigenvalue weighted by Crippen LogP contribution is 2.74. The van der Waals surface area contributed by atoms with Gasteiger partial charge in [0.1, 0.15) is 5.16 Å². The van der Waals surface area contributed by atoms with Crippen molar-refractivity contribution in [3.8, 4) is 0 Å². The van der Waals surface area contributed by atoms with Crippen LogP contribution in [0.25, 0.3) is 0 Å². The van der Waals surface area contributed by atoms with Gasteiger partial charge in [0.2, 0.25) is 7.57 Å². The van der Waals surface area contributed by atoms with Gasteiger partial charge in [0.25, 0.3) is 0 Å². The molecule has 0 nitrogen and oxygen atoms in total. The lowest BCUT2D eigenvalue weighted by Gasteiger charge is -2.36. The zero-order valence-corrected chi connectivity index (χ0v) is 12.3. The van der Waals surface area contributed by atoms with Crippen LogP contribution >= 0.6 is 7.57 Å². The van der Waals surface area contributed by atoms with E-state index in [0.29, 0.717) is 0 Å². The Labute approximate surface area is 102 Å². The van der Waals surface area contributed by atoms with Crippen LogP contribution in [-0.2, 0) is 0 Å². The second-order valence-electron chi connectivity index (χ2n) is 5.35. The Morgan fingerprint density at radius 1 is 0.938 bits per heavy atom. The average Bonchev–Trinajstić information content (AvgIpc) is 2.39. The maximum atomic E-state index is 15.4. The van der Waals surface area contributed by atoms with Crippen LogP contribution in [0.1, 0.15) is 72.1 Å². The molecule has 0 bridgehead atoms. The van der Waals surface area contributed by atoms with Crippen LogP contribution in [0.15, 0.2) is 0 Å². The van der Waals surface area contributed by atoms with Crippen LogP contribution in [-0.4, -0.2) is 17.5 Å². The minimum atomic E-state index is -2.18. The molecule has 0 aromatic heterocycles. The van der Waals surface area contributed by atoms with Gasteiger partial charge in [-0.2, -0.15) is 0 Å². The molecular formula is C14H29FP+. The molecule has 96 valence electrons. The molecule has 0 radical (unpaired) electrons. The number of rotatable bonds is 3. The van der Waals surface area contributed by atoms with Gasteiger partial charge < -0.3 is 0 Å². The molecule has 0 amide bonds. The van der Waals surface area contributed by atoms with Crippen molar-refractivity contribution in [1.29, 1.82) is 0 Å². The van der Waals surface area contributed by atoms with E-state index in [2.05, 4.69) is 20.8 Å². The van der Waals surface area contributed by atoms with Gasteiger partial charge in [0.05, 0.1) is 12.3 Å². The first kappa shape index (κ1) is 14.4. The summed E-state index contributed by atoms with van der Waals surface area (Å²) in [4.78, 5) is 0. The van der Waals surface area contributed by atoms with E-state index in [9.17, 15) is 0 Å². The molecule has 1 unspecified atom stereocenters. The standard InChI is InChI=1S/C14H29FP/c1-4-14(5-2)12-10-8-7-9-11-13-16(14,15)6-3/h4-13H2,1-3H3/q+1. The smallest absolute Gasteiger partial charge is 0.0648 e. The molecule has 0 aromatic rings. The Hall–Kier alpha value is 0.360. The van der Waals surface area contributed by atoms with Crippen molar-refractivity contribution in [1.82, 2.24) is 0 Å². The Morgan fingerprint density at radius 3 is 2.06 bits per heavy atom. The van der Waals surface area contributed by atoms with Crippen LogP contribution < -0.4 is 0 Å². The zero-order valence-electron chi connectivity index (χ0n) is 11.4. The molecule has 0 aromatic carbocycles. The van der Waals surface area contributed by atoms with E-state index in [4.69, 9.17) is 0 Å². The topological polar surface area (TPSA) is 0 Å². The number of hydrogen-bond donors (Lipinski definition) is 0. The van der Waals surface area contributed by atoms with Gasteiger partial charge in [-0.1, -0.05) is 30.9 Å². The first-order chi connectivity index (χ1) is 7.64. The normalized spacial score (nSPS) is 31.5. The molecule has 1 rings (SSSR count). The molecular weight excluding hydrogens is 218 g/mol. The fraction of sp³-hybridized carbons (Fsp3) is 1.00. The fourth-order valence-electron chi connectivity index (χ4n) is 3.45. The summed E-state index contributed by atoms with van der Waals surface area (Å²) in [6.45, 7) is 6.52. The van der Waals surface area contributed by atoms with Gasteiger partial charge >= 0.3 is 0 Å². The minimum Gasteiger partial charge on any atom is -0.0648 e. The van der Waals surface area contributed by atoms with Crippen molar-refractivity contribution in [2.75, 3.05) is 12.3 Å². The van der Waals surface area contributed by atoms with Crippen molar-refractivity contribution >= 4 is 7.57 Å². The van der Waals surface area contributed by atoms with E-state index in [1.165, 1.54) is 25.7 Å². The van der Waals surface area contributed by atoms with Crippen LogP contribution in [0.4, 0.5) is 4.20 Å². The summed E-state index contributed by atoms with van der Waals surface area (Å²) in [6.07, 6.45) is 11.3. The molecule has 1 fully saturated rings. The first-order valence-corrected chi connectivity index (χ1v) is 9.26. The molecule has 1 heterocycles. The highest BCUT2D eigenvalue weighted by molar-refractivity contribution is 7.72. The van der Waals surface area contributed by atoms with E-state index < -0.39 is 7.57 Å². The molecule has 0 N–H and O–H groups in total. The predicted molar refractivity (Wildman–Crippen MR) is 74.5 cm³/mol. The number of halogens is 1. The van der Waals surface area contributed by atoms with E-state index in [1.54, 1.807) is 0 Å². The molecule has 1 atom stereocenters. The summed E-state index contributed by atoms with van der Waals surface area (Å²) in [5.41, 5.74) is 0. The van der Waals surface area contributed by atoms with Crippen LogP contribution in [0.5, 0.6) is 0 Å². The Bertz CT molecular complexity index is 201. The molecule has 0 saturated carbocycles. The van der Waals surface area contributed by atoms with Crippen molar-refractivity contribution < 1.29 is 4.20 Å². The summed E-state index contributed by atoms with van der Waals surface area (Å²) >= 11 is 0. The monoisotopic (exact) mass is 247 g/mol. The Morgan fingerprint density at radius 2 is 1.50 bits per heavy atom. The maximum absolute atomic E-state index is 15.4. The average molecular weight is 247 g/mol. The molecule has 1 aliphatic heterocycles. The summed E-state index contributed by atoms with van der Waals surface area (Å²) in [7, 11) is -2.18. The van der Waals surface area contributed by atoms with E-state index in [0.717, 1.165) is 38.0 Å². The van der Waals surface area contributed by atoms with Gasteiger partial charge in [-0.15, -0.1) is 0 Å². The third kappa shape index (κ3) is 2.78. The Balaban J connectivity index is 2.92. The van der Waals surface area contributed by atoms with Crippen LogP contribution in [0.3, 0.4) is 0 Å². The van der Waals surface area contributed by atoms with E-state index in [1.807, 2.05) is 0 Å². The quantitative estimate of drug-likeness (QED) is 0.551. The molecule has 16 heavy (non-hydrogen) atoms. The van der Waals surface area contributed by atoms with Gasteiger partial charge in [-0.25, -0.2) is 0 Å². The lowest BCUT2D eigenvalue weighted by atomic mass is 9.94. The maximum Gasteiger partial charge on any atom is 0.207 e. The molecule has 1 saturated heterocycles. The van der Waals surface area contributed by atoms with Crippen molar-refractivity contribution in [3.63, 3.8) is 0 Å². The summed E-state index contributed by atoms with van der Waals surface area (Å²) in [5, 5.41) is 0.0755. The van der Waals surface area contributed by atoms with E-state index >= 15 is 4.20 Å². The molecule has 0 aliphatic carbocycles. The molecule has 1 aliphatic rings. The lowest BCUT2D eigenvalue weighted by Crippen LogP contribution is -2.31. The zero-order chi connectivity index (χ0) is 12.1. The van der Waals surface area contributed by atoms with E-state index in [-0.39, 0.29) is 5.16 Å². The molecule has 0 spiro atoms. The largest absolute Gasteiger partial charge is 0.207 e. The van der Waals surface area contributed by atoms with Crippen molar-refractivity contribution in [2.45, 2.75) is 77.3 Å². The minimum absolute atomic E-state index is 0.0755. The number of hydrogen-bond acceptors (Lipinski definition) is 0. The third-order valence-electron chi connectivity index (χ3n) is 4.82. The van der Waals surface area contributed by atoms with Gasteiger partial charge in [0, 0.05) is 0 Å². The highest BCUT2D eigenvalue weighted by atomic mass is 31.2. The third-order valence-corrected chi connectivity index (χ3v) is 9.41. The van der Waals surface area contributed by atoms with Crippen molar-refractivity contribution in [2.24, 2.45) is 0 Å². The van der Waals surface area contributed by atoms with Crippen molar-refractivity contribution in [3.05, 3.63) is 0 Å².